The van der Waals surface area contributed by atoms with Crippen LogP contribution in [0.5, 0.6) is 23.0 Å². The molecule has 5 N–H and O–H groups in total. The lowest BCUT2D eigenvalue weighted by Crippen LogP contribution is -2.60. The largest absolute Gasteiger partial charge is 0.493 e. The number of esters is 1. The van der Waals surface area contributed by atoms with E-state index in [1.807, 2.05) is 0 Å². The summed E-state index contributed by atoms with van der Waals surface area (Å²) in [6.45, 7) is 0.487. The molecule has 250 valence electrons. The summed E-state index contributed by atoms with van der Waals surface area (Å²) < 4.78 is 38.0. The van der Waals surface area contributed by atoms with Crippen LogP contribution in [0.2, 0.25) is 0 Å². The highest BCUT2D eigenvalue weighted by atomic mass is 16.7. The van der Waals surface area contributed by atoms with Gasteiger partial charge in [0.1, 0.15) is 47.9 Å². The number of benzene rings is 2. The first-order valence-electron chi connectivity index (χ1n) is 14.1. The molecule has 1 aliphatic rings. The van der Waals surface area contributed by atoms with Crippen LogP contribution in [0, 0.1) is 0 Å². The Labute approximate surface area is 263 Å². The van der Waals surface area contributed by atoms with Gasteiger partial charge in [-0.3, -0.25) is 9.59 Å². The average molecular weight is 659 g/mol. The molecule has 0 radical (unpaired) electrons. The Balaban J connectivity index is 1.33. The molecule has 3 heterocycles. The molecule has 0 saturated carbocycles. The van der Waals surface area contributed by atoms with E-state index in [1.54, 1.807) is 18.2 Å². The van der Waals surface area contributed by atoms with Crippen LogP contribution in [0.1, 0.15) is 19.8 Å². The molecular weight excluding hydrogens is 628 g/mol. The summed E-state index contributed by atoms with van der Waals surface area (Å²) in [6, 6.07) is 11.6. The third kappa shape index (κ3) is 7.70. The maximum Gasteiger partial charge on any atom is 0.379 e. The Kier molecular flexibility index (Phi) is 9.50. The van der Waals surface area contributed by atoms with Crippen LogP contribution in [-0.2, 0) is 19.1 Å². The van der Waals surface area contributed by atoms with E-state index in [2.05, 4.69) is 0 Å². The van der Waals surface area contributed by atoms with E-state index in [0.717, 1.165) is 6.92 Å². The Morgan fingerprint density at radius 2 is 1.55 bits per heavy atom. The first kappa shape index (κ1) is 33.4. The molecule has 0 aliphatic carbocycles. The molecule has 16 nitrogen and oxygen atoms in total. The molecule has 1 aliphatic heterocycles. The molecule has 6 atom stereocenters. The van der Waals surface area contributed by atoms with Gasteiger partial charge in [0.15, 0.2) is 11.5 Å². The summed E-state index contributed by atoms with van der Waals surface area (Å²) >= 11 is 0. The molecule has 4 aromatic rings. The highest BCUT2D eigenvalue weighted by molar-refractivity contribution is 5.82. The molecule has 2 aromatic carbocycles. The number of carboxylic acids is 1. The Bertz CT molecular complexity index is 1910. The Morgan fingerprint density at radius 3 is 2.28 bits per heavy atom. The second kappa shape index (κ2) is 13.4. The minimum absolute atomic E-state index is 0.00688. The summed E-state index contributed by atoms with van der Waals surface area (Å²) in [4.78, 5) is 47.5. The first-order valence-corrected chi connectivity index (χ1v) is 14.1. The van der Waals surface area contributed by atoms with Crippen molar-refractivity contribution in [1.82, 2.24) is 0 Å². The molecule has 2 aromatic heterocycles. The van der Waals surface area contributed by atoms with Crippen LogP contribution < -0.4 is 25.5 Å². The van der Waals surface area contributed by atoms with E-state index in [-0.39, 0.29) is 34.2 Å². The number of carboxylic acid groups (broad SMARTS) is 1. The van der Waals surface area contributed by atoms with Gasteiger partial charge < -0.3 is 58.1 Å². The fourth-order valence-corrected chi connectivity index (χ4v) is 4.86. The van der Waals surface area contributed by atoms with Crippen LogP contribution >= 0.6 is 0 Å². The van der Waals surface area contributed by atoms with Gasteiger partial charge in [0.05, 0.1) is 25.6 Å². The van der Waals surface area contributed by atoms with E-state index >= 15 is 0 Å². The molecule has 1 saturated heterocycles. The van der Waals surface area contributed by atoms with Gasteiger partial charge in [0.2, 0.25) is 12.0 Å². The normalized spacial score (nSPS) is 22.4. The van der Waals surface area contributed by atoms with E-state index in [9.17, 15) is 39.6 Å². The maximum absolute atomic E-state index is 12.8. The first-order chi connectivity index (χ1) is 22.2. The highest BCUT2D eigenvalue weighted by Crippen LogP contribution is 2.36. The predicted octanol–water partition coefficient (Wildman–Crippen LogP) is 1.05. The van der Waals surface area contributed by atoms with Gasteiger partial charge in [-0.2, -0.15) is 0 Å². The van der Waals surface area contributed by atoms with Crippen molar-refractivity contribution >= 4 is 33.9 Å². The third-order valence-corrected chi connectivity index (χ3v) is 7.19. The van der Waals surface area contributed by atoms with Crippen molar-refractivity contribution < 1.29 is 67.6 Å². The zero-order chi connectivity index (χ0) is 34.0. The zero-order valence-corrected chi connectivity index (χ0v) is 24.9. The third-order valence-electron chi connectivity index (χ3n) is 7.19. The monoisotopic (exact) mass is 658 g/mol. The van der Waals surface area contributed by atoms with Crippen molar-refractivity contribution in [2.75, 3.05) is 13.7 Å². The number of carbonyl (C=O) groups is 2. The van der Waals surface area contributed by atoms with Gasteiger partial charge in [-0.1, -0.05) is 0 Å². The van der Waals surface area contributed by atoms with Gasteiger partial charge in [0, 0.05) is 29.0 Å². The van der Waals surface area contributed by atoms with Crippen molar-refractivity contribution in [3.05, 3.63) is 69.4 Å². The quantitative estimate of drug-likeness (QED) is 0.112. The number of aliphatic carboxylic acids is 1. The fourth-order valence-electron chi connectivity index (χ4n) is 4.86. The summed E-state index contributed by atoms with van der Waals surface area (Å²) in [7, 11) is 1.31. The van der Waals surface area contributed by atoms with Crippen LogP contribution in [0.3, 0.4) is 0 Å². The number of methoxy groups -OCH3 is 1. The lowest BCUT2D eigenvalue weighted by atomic mass is 9.98. The minimum atomic E-state index is -1.90. The summed E-state index contributed by atoms with van der Waals surface area (Å²) in [5.41, 5.74) is -3.08. The highest BCUT2D eigenvalue weighted by Gasteiger charge is 2.46. The molecule has 0 amide bonds. The summed E-state index contributed by atoms with van der Waals surface area (Å²) in [6.07, 6.45) is -9.83. The van der Waals surface area contributed by atoms with Crippen molar-refractivity contribution in [2.45, 2.75) is 56.1 Å². The molecule has 0 spiro atoms. The van der Waals surface area contributed by atoms with Crippen LogP contribution in [-0.4, -0.2) is 87.5 Å². The number of aliphatic hydroxyl groups excluding tert-OH is 3. The van der Waals surface area contributed by atoms with Crippen LogP contribution in [0.25, 0.3) is 21.9 Å². The van der Waals surface area contributed by atoms with E-state index < -0.39 is 78.9 Å². The van der Waals surface area contributed by atoms with Crippen LogP contribution in [0.4, 0.5) is 0 Å². The number of fused-ring (bicyclic) bond motifs is 2. The molecular formula is C31H30O16. The number of hydrogen-bond donors (Lipinski definition) is 5. The number of aliphatic hydroxyl groups is 4. The number of hydrogen-bond acceptors (Lipinski definition) is 15. The summed E-state index contributed by atoms with van der Waals surface area (Å²) in [5, 5.41) is 51.3. The average Bonchev–Trinajstić information content (AvgIpc) is 2.99. The Morgan fingerprint density at radius 1 is 0.851 bits per heavy atom. The lowest BCUT2D eigenvalue weighted by molar-refractivity contribution is -0.278. The van der Waals surface area contributed by atoms with Crippen molar-refractivity contribution in [2.24, 2.45) is 0 Å². The molecule has 47 heavy (non-hydrogen) atoms. The van der Waals surface area contributed by atoms with Gasteiger partial charge in [0.25, 0.3) is 0 Å². The topological polar surface area (TPSA) is 242 Å². The lowest BCUT2D eigenvalue weighted by Gasteiger charge is -2.40. The SMILES string of the molecule is COc1cc2cc(Oc3ccc4ccc(=O)oc4c3)c(=O)oc2cc1O[C@@H]1O[C@H](COC(=O)C[C@@](C)(O)CC(=O)O)[C@@H](O)[C@H](O)[C@H]1O. The zero-order valence-electron chi connectivity index (χ0n) is 24.9. The van der Waals surface area contributed by atoms with Crippen molar-refractivity contribution in [1.29, 1.82) is 0 Å². The van der Waals surface area contributed by atoms with Gasteiger partial charge in [-0.25, -0.2) is 9.59 Å². The maximum atomic E-state index is 12.8. The van der Waals surface area contributed by atoms with E-state index in [0.29, 0.717) is 10.8 Å². The Hall–Kier alpha value is -5.00. The molecule has 0 unspecified atom stereocenters. The van der Waals surface area contributed by atoms with Gasteiger partial charge in [-0.05, 0) is 37.3 Å². The number of carbonyl (C=O) groups excluding carboxylic acids is 1. The van der Waals surface area contributed by atoms with Gasteiger partial charge in [-0.15, -0.1) is 0 Å². The van der Waals surface area contributed by atoms with Crippen LogP contribution in [0.15, 0.2) is 67.0 Å². The van der Waals surface area contributed by atoms with Gasteiger partial charge >= 0.3 is 23.2 Å². The second-order valence-electron chi connectivity index (χ2n) is 11.1. The standard InChI is InChI=1S/C31H30O16/c1-31(40,11-23(32)33)12-25(35)42-13-22-26(36)27(37)28(38)30(47-22)46-20-10-18-15(7-19(20)41-2)8-21(29(39)45-18)43-16-5-3-14-4-6-24(34)44-17(14)9-16/h3-10,22,26-28,30,36-38,40H,11-13H2,1-2H3,(H,32,33)/t22-,26-,27+,28-,30-,31+/m1/s1. The smallest absolute Gasteiger partial charge is 0.379 e. The van der Waals surface area contributed by atoms with Crippen molar-refractivity contribution in [3.63, 3.8) is 0 Å². The number of rotatable bonds is 11. The van der Waals surface area contributed by atoms with E-state index in [4.69, 9.17) is 37.6 Å². The number of ether oxygens (including phenoxy) is 5. The molecule has 5 rings (SSSR count). The minimum Gasteiger partial charge on any atom is -0.493 e. The molecule has 0 bridgehead atoms. The second-order valence-corrected chi connectivity index (χ2v) is 11.1. The predicted molar refractivity (Wildman–Crippen MR) is 157 cm³/mol. The summed E-state index contributed by atoms with van der Waals surface area (Å²) in [5.74, 6) is -2.37. The van der Waals surface area contributed by atoms with E-state index in [1.165, 1.54) is 37.4 Å². The fraction of sp³-hybridized carbons (Fsp3) is 0.355. The van der Waals surface area contributed by atoms with Crippen molar-refractivity contribution in [3.8, 4) is 23.0 Å². The molecule has 1 fully saturated rings. The molecule has 16 heteroatoms.